The zero-order chi connectivity index (χ0) is 11.2. The van der Waals surface area contributed by atoms with E-state index in [1.54, 1.807) is 6.92 Å². The summed E-state index contributed by atoms with van der Waals surface area (Å²) in [4.78, 5) is 22.9. The Kier molecular flexibility index (Phi) is 2.10. The highest BCUT2D eigenvalue weighted by atomic mass is 16.5. The average molecular weight is 210 g/mol. The number of fused-ring (bicyclic) bond motifs is 1. The number of carboxylic acid groups (broad SMARTS) is 1. The molecular formula is C11H14O4. The van der Waals surface area contributed by atoms with Gasteiger partial charge in [0.2, 0.25) is 0 Å². The van der Waals surface area contributed by atoms with Gasteiger partial charge in [-0.3, -0.25) is 9.59 Å². The lowest BCUT2D eigenvalue weighted by atomic mass is 9.62. The number of esters is 1. The fourth-order valence-electron chi connectivity index (χ4n) is 2.71. The van der Waals surface area contributed by atoms with Crippen molar-refractivity contribution >= 4 is 11.9 Å². The number of ether oxygens (including phenoxy) is 1. The van der Waals surface area contributed by atoms with Crippen molar-refractivity contribution in [3.05, 3.63) is 12.2 Å². The van der Waals surface area contributed by atoms with Gasteiger partial charge in [0.25, 0.3) is 0 Å². The molecule has 1 aliphatic carbocycles. The molecule has 2 aliphatic rings. The lowest BCUT2D eigenvalue weighted by Gasteiger charge is -2.37. The van der Waals surface area contributed by atoms with E-state index in [0.717, 1.165) is 0 Å². The predicted octanol–water partition coefficient (Wildman–Crippen LogP) is 1.07. The van der Waals surface area contributed by atoms with Crippen molar-refractivity contribution < 1.29 is 19.4 Å². The lowest BCUT2D eigenvalue weighted by Crippen LogP contribution is -2.46. The molecule has 4 nitrogen and oxygen atoms in total. The molecule has 0 aromatic heterocycles. The van der Waals surface area contributed by atoms with E-state index < -0.39 is 17.3 Å². The first-order valence-corrected chi connectivity index (χ1v) is 5.06. The third-order valence-electron chi connectivity index (χ3n) is 3.69. The van der Waals surface area contributed by atoms with Crippen LogP contribution in [0, 0.1) is 23.2 Å². The van der Waals surface area contributed by atoms with Crippen LogP contribution in [0.25, 0.3) is 0 Å². The molecule has 0 amide bonds. The van der Waals surface area contributed by atoms with Crippen LogP contribution in [0.4, 0.5) is 0 Å². The number of allylic oxidation sites excluding steroid dienone is 1. The maximum Gasteiger partial charge on any atom is 0.313 e. The number of carboxylic acids is 1. The van der Waals surface area contributed by atoms with Crippen molar-refractivity contribution in [2.75, 3.05) is 6.61 Å². The molecule has 4 heteroatoms. The summed E-state index contributed by atoms with van der Waals surface area (Å²) in [5.41, 5.74) is -0.889. The molecule has 82 valence electrons. The molecule has 0 spiro atoms. The first kappa shape index (κ1) is 10.2. The minimum Gasteiger partial charge on any atom is -0.481 e. The molecule has 1 aliphatic heterocycles. The Labute approximate surface area is 87.9 Å². The zero-order valence-corrected chi connectivity index (χ0v) is 8.77. The van der Waals surface area contributed by atoms with Gasteiger partial charge in [0.05, 0.1) is 17.9 Å². The smallest absolute Gasteiger partial charge is 0.313 e. The van der Waals surface area contributed by atoms with Crippen molar-refractivity contribution in [2.45, 2.75) is 13.8 Å². The van der Waals surface area contributed by atoms with E-state index in [1.807, 2.05) is 19.1 Å². The van der Waals surface area contributed by atoms with Crippen molar-refractivity contribution in [1.82, 2.24) is 0 Å². The number of carbonyl (C=O) groups is 2. The van der Waals surface area contributed by atoms with Crippen molar-refractivity contribution in [1.29, 1.82) is 0 Å². The van der Waals surface area contributed by atoms with Gasteiger partial charge in [0.1, 0.15) is 0 Å². The molecule has 2 rings (SSSR count). The molecule has 1 N–H and O–H groups in total. The number of aliphatic carboxylic acids is 1. The van der Waals surface area contributed by atoms with Crippen LogP contribution < -0.4 is 0 Å². The predicted molar refractivity (Wildman–Crippen MR) is 52.0 cm³/mol. The highest BCUT2D eigenvalue weighted by Crippen LogP contribution is 2.49. The molecule has 1 fully saturated rings. The lowest BCUT2D eigenvalue weighted by molar-refractivity contribution is -0.160. The van der Waals surface area contributed by atoms with Crippen molar-refractivity contribution in [3.8, 4) is 0 Å². The monoisotopic (exact) mass is 210 g/mol. The third kappa shape index (κ3) is 1.20. The Bertz CT molecular complexity index is 346. The van der Waals surface area contributed by atoms with E-state index in [0.29, 0.717) is 6.61 Å². The van der Waals surface area contributed by atoms with Crippen molar-refractivity contribution in [3.63, 3.8) is 0 Å². The zero-order valence-electron chi connectivity index (χ0n) is 8.77. The number of cyclic esters (lactones) is 1. The number of hydrogen-bond acceptors (Lipinski definition) is 3. The first-order valence-electron chi connectivity index (χ1n) is 5.06. The van der Waals surface area contributed by atoms with E-state index in [9.17, 15) is 14.7 Å². The third-order valence-corrected chi connectivity index (χ3v) is 3.69. The largest absolute Gasteiger partial charge is 0.481 e. The van der Waals surface area contributed by atoms with Gasteiger partial charge in [-0.05, 0) is 12.8 Å². The second kappa shape index (κ2) is 3.08. The van der Waals surface area contributed by atoms with Crippen LogP contribution in [-0.2, 0) is 14.3 Å². The summed E-state index contributed by atoms with van der Waals surface area (Å²) in [5.74, 6) is -2.20. The quantitative estimate of drug-likeness (QED) is 0.519. The Morgan fingerprint density at radius 1 is 1.60 bits per heavy atom. The molecule has 0 saturated carbocycles. The van der Waals surface area contributed by atoms with Crippen LogP contribution in [0.1, 0.15) is 13.8 Å². The van der Waals surface area contributed by atoms with Crippen LogP contribution in [0.2, 0.25) is 0 Å². The number of rotatable bonds is 1. The molecule has 0 radical (unpaired) electrons. The molecule has 0 unspecified atom stereocenters. The average Bonchev–Trinajstić information content (AvgIpc) is 2.42. The van der Waals surface area contributed by atoms with Crippen molar-refractivity contribution in [2.24, 2.45) is 23.2 Å². The van der Waals surface area contributed by atoms with E-state index in [2.05, 4.69) is 0 Å². The number of carbonyl (C=O) groups excluding carboxylic acids is 1. The minimum atomic E-state index is -0.918. The van der Waals surface area contributed by atoms with E-state index in [1.165, 1.54) is 0 Å². The van der Waals surface area contributed by atoms with Gasteiger partial charge in [-0.25, -0.2) is 0 Å². The van der Waals surface area contributed by atoms with Gasteiger partial charge in [0, 0.05) is 5.92 Å². The summed E-state index contributed by atoms with van der Waals surface area (Å²) in [6, 6.07) is 0. The second-order valence-corrected chi connectivity index (χ2v) is 4.55. The van der Waals surface area contributed by atoms with Gasteiger partial charge in [-0.15, -0.1) is 0 Å². The Morgan fingerprint density at radius 3 is 2.87 bits per heavy atom. The fraction of sp³-hybridized carbons (Fsp3) is 0.636. The highest BCUT2D eigenvalue weighted by Gasteiger charge is 2.58. The van der Waals surface area contributed by atoms with E-state index >= 15 is 0 Å². The second-order valence-electron chi connectivity index (χ2n) is 4.55. The Balaban J connectivity index is 2.48. The van der Waals surface area contributed by atoms with Gasteiger partial charge in [-0.2, -0.15) is 0 Å². The maximum atomic E-state index is 11.7. The molecular weight excluding hydrogens is 196 g/mol. The van der Waals surface area contributed by atoms with Crippen LogP contribution in [0.15, 0.2) is 12.2 Å². The molecule has 4 atom stereocenters. The van der Waals surface area contributed by atoms with Crippen LogP contribution in [0.5, 0.6) is 0 Å². The van der Waals surface area contributed by atoms with Gasteiger partial charge >= 0.3 is 11.9 Å². The van der Waals surface area contributed by atoms with Crippen LogP contribution in [-0.4, -0.2) is 23.7 Å². The summed E-state index contributed by atoms with van der Waals surface area (Å²) >= 11 is 0. The van der Waals surface area contributed by atoms with Gasteiger partial charge in [0.15, 0.2) is 0 Å². The summed E-state index contributed by atoms with van der Waals surface area (Å²) in [6.07, 6.45) is 3.78. The molecule has 15 heavy (non-hydrogen) atoms. The summed E-state index contributed by atoms with van der Waals surface area (Å²) in [5, 5.41) is 9.20. The molecule has 1 heterocycles. The summed E-state index contributed by atoms with van der Waals surface area (Å²) < 4.78 is 4.98. The molecule has 0 bridgehead atoms. The van der Waals surface area contributed by atoms with Crippen LogP contribution >= 0.6 is 0 Å². The maximum absolute atomic E-state index is 11.7. The highest BCUT2D eigenvalue weighted by molar-refractivity contribution is 5.87. The molecule has 1 saturated heterocycles. The topological polar surface area (TPSA) is 63.6 Å². The van der Waals surface area contributed by atoms with Gasteiger partial charge < -0.3 is 9.84 Å². The van der Waals surface area contributed by atoms with E-state index in [-0.39, 0.29) is 17.8 Å². The first-order chi connectivity index (χ1) is 6.98. The fourth-order valence-corrected chi connectivity index (χ4v) is 2.71. The summed E-state index contributed by atoms with van der Waals surface area (Å²) in [7, 11) is 0. The Hall–Kier alpha value is -1.32. The normalized spacial score (nSPS) is 43.6. The standard InChI is InChI=1S/C11H14O4/c1-6-3-4-7-5-15-10(14)11(7,2)8(6)9(12)13/h3-4,6-8H,5H2,1-2H3,(H,12,13)/t6-,7-,8-,11-/m1/s1. The van der Waals surface area contributed by atoms with Gasteiger partial charge in [-0.1, -0.05) is 19.1 Å². The molecule has 0 aromatic carbocycles. The Morgan fingerprint density at radius 2 is 2.27 bits per heavy atom. The number of hydrogen-bond donors (Lipinski definition) is 1. The SMILES string of the molecule is C[C@@H]1C=C[C@@H]2COC(=O)[C@@]2(C)[C@H]1C(=O)O. The van der Waals surface area contributed by atoms with E-state index in [4.69, 9.17) is 4.74 Å². The van der Waals surface area contributed by atoms with Crippen LogP contribution in [0.3, 0.4) is 0 Å². The summed E-state index contributed by atoms with van der Waals surface area (Å²) in [6.45, 7) is 3.83. The minimum absolute atomic E-state index is 0.0951. The molecule has 0 aromatic rings.